The lowest BCUT2D eigenvalue weighted by atomic mass is 10.0. The Labute approximate surface area is 144 Å². The largest absolute Gasteiger partial charge is 0.360 e. The van der Waals surface area contributed by atoms with Crippen molar-refractivity contribution in [2.75, 3.05) is 18.4 Å². The van der Waals surface area contributed by atoms with Gasteiger partial charge in [0, 0.05) is 13.1 Å². The van der Waals surface area contributed by atoms with Gasteiger partial charge in [-0.2, -0.15) is 0 Å². The molecule has 1 aromatic heterocycles. The van der Waals surface area contributed by atoms with Crippen LogP contribution in [0.25, 0.3) is 10.2 Å². The Hall–Kier alpha value is -1.13. The summed E-state index contributed by atoms with van der Waals surface area (Å²) in [6, 6.07) is 6.69. The summed E-state index contributed by atoms with van der Waals surface area (Å²) in [6.07, 6.45) is 12.2. The third-order valence-electron chi connectivity index (χ3n) is 4.19. The first kappa shape index (κ1) is 18.2. The number of anilines is 1. The average molecular weight is 334 g/mol. The number of rotatable bonds is 12. The van der Waals surface area contributed by atoms with E-state index in [0.29, 0.717) is 6.54 Å². The smallest absolute Gasteiger partial charge is 0.183 e. The second kappa shape index (κ2) is 10.6. The number of aromatic nitrogens is 1. The quantitative estimate of drug-likeness (QED) is 0.515. The maximum Gasteiger partial charge on any atom is 0.183 e. The second-order valence-electron chi connectivity index (χ2n) is 6.26. The highest BCUT2D eigenvalue weighted by atomic mass is 32.1. The molecule has 0 bridgehead atoms. The van der Waals surface area contributed by atoms with Gasteiger partial charge in [0.15, 0.2) is 5.13 Å². The number of benzene rings is 1. The van der Waals surface area contributed by atoms with Crippen molar-refractivity contribution in [1.82, 2.24) is 4.98 Å². The molecule has 0 saturated heterocycles. The molecule has 128 valence electrons. The van der Waals surface area contributed by atoms with E-state index < -0.39 is 0 Å². The number of nitrogens with two attached hydrogens (primary N) is 1. The topological polar surface area (TPSA) is 50.9 Å². The van der Waals surface area contributed by atoms with Gasteiger partial charge in [-0.1, -0.05) is 69.3 Å². The van der Waals surface area contributed by atoms with Crippen LogP contribution in [0.1, 0.15) is 63.9 Å². The van der Waals surface area contributed by atoms with Crippen molar-refractivity contribution < 1.29 is 0 Å². The predicted molar refractivity (Wildman–Crippen MR) is 103 cm³/mol. The van der Waals surface area contributed by atoms with Crippen molar-refractivity contribution in [3.05, 3.63) is 23.8 Å². The number of nitrogens with zero attached hydrogens (tertiary/aromatic N) is 1. The van der Waals surface area contributed by atoms with Gasteiger partial charge in [-0.05, 0) is 30.5 Å². The molecule has 0 saturated carbocycles. The van der Waals surface area contributed by atoms with Crippen LogP contribution >= 0.6 is 11.3 Å². The molecule has 0 fully saturated rings. The molecule has 0 aliphatic carbocycles. The molecular weight excluding hydrogens is 302 g/mol. The summed E-state index contributed by atoms with van der Waals surface area (Å²) in [5, 5.41) is 4.25. The normalized spacial score (nSPS) is 11.2. The monoisotopic (exact) mass is 333 g/mol. The first-order valence-electron chi connectivity index (χ1n) is 9.17. The Morgan fingerprint density at radius 3 is 2.52 bits per heavy atom. The molecule has 0 radical (unpaired) electrons. The molecule has 0 aliphatic heterocycles. The summed E-state index contributed by atoms with van der Waals surface area (Å²) >= 11 is 1.73. The van der Waals surface area contributed by atoms with Gasteiger partial charge in [0.25, 0.3) is 0 Å². The molecule has 0 amide bonds. The molecular formula is C19H31N3S. The predicted octanol–water partition coefficient (Wildman–Crippen LogP) is 5.35. The number of aryl methyl sites for hydroxylation is 1. The SMILES string of the molecule is CCCCCCCCCCc1ccc2nc(NCCN)sc2c1. The van der Waals surface area contributed by atoms with E-state index in [1.807, 2.05) is 0 Å². The minimum absolute atomic E-state index is 0.639. The lowest BCUT2D eigenvalue weighted by molar-refractivity contribution is 0.575. The Bertz CT molecular complexity index is 565. The van der Waals surface area contributed by atoms with Crippen LogP contribution in [0.4, 0.5) is 5.13 Å². The van der Waals surface area contributed by atoms with Crippen molar-refractivity contribution in [3.63, 3.8) is 0 Å². The third-order valence-corrected chi connectivity index (χ3v) is 5.17. The number of unbranched alkanes of at least 4 members (excludes halogenated alkanes) is 7. The number of hydrogen-bond donors (Lipinski definition) is 2. The Kier molecular flexibility index (Phi) is 8.40. The molecule has 1 aromatic carbocycles. The molecule has 2 rings (SSSR count). The molecule has 0 unspecified atom stereocenters. The van der Waals surface area contributed by atoms with Gasteiger partial charge in [0.05, 0.1) is 10.2 Å². The van der Waals surface area contributed by atoms with Crippen molar-refractivity contribution in [3.8, 4) is 0 Å². The van der Waals surface area contributed by atoms with Crippen LogP contribution in [-0.4, -0.2) is 18.1 Å². The van der Waals surface area contributed by atoms with Crippen LogP contribution in [0, 0.1) is 0 Å². The average Bonchev–Trinajstić information content (AvgIpc) is 2.97. The van der Waals surface area contributed by atoms with E-state index in [2.05, 4.69) is 35.4 Å². The van der Waals surface area contributed by atoms with Gasteiger partial charge in [0.2, 0.25) is 0 Å². The van der Waals surface area contributed by atoms with Gasteiger partial charge < -0.3 is 11.1 Å². The Morgan fingerprint density at radius 1 is 1.04 bits per heavy atom. The van der Waals surface area contributed by atoms with Gasteiger partial charge >= 0.3 is 0 Å². The standard InChI is InChI=1S/C19H31N3S/c1-2-3-4-5-6-7-8-9-10-16-11-12-17-18(15-16)23-19(22-17)21-14-13-20/h11-12,15H,2-10,13-14,20H2,1H3,(H,21,22). The van der Waals surface area contributed by atoms with E-state index in [1.54, 1.807) is 11.3 Å². The molecule has 3 N–H and O–H groups in total. The lowest BCUT2D eigenvalue weighted by Gasteiger charge is -2.02. The zero-order chi connectivity index (χ0) is 16.3. The fourth-order valence-corrected chi connectivity index (χ4v) is 3.80. The highest BCUT2D eigenvalue weighted by Gasteiger charge is 2.04. The minimum Gasteiger partial charge on any atom is -0.360 e. The van der Waals surface area contributed by atoms with E-state index in [4.69, 9.17) is 5.73 Å². The summed E-state index contributed by atoms with van der Waals surface area (Å²) < 4.78 is 1.28. The van der Waals surface area contributed by atoms with Crippen molar-refractivity contribution in [2.24, 2.45) is 5.73 Å². The van der Waals surface area contributed by atoms with Gasteiger partial charge in [-0.3, -0.25) is 0 Å². The maximum atomic E-state index is 5.52. The number of fused-ring (bicyclic) bond motifs is 1. The summed E-state index contributed by atoms with van der Waals surface area (Å²) in [6.45, 7) is 3.70. The summed E-state index contributed by atoms with van der Waals surface area (Å²) in [4.78, 5) is 4.59. The van der Waals surface area contributed by atoms with Crippen molar-refractivity contribution >= 4 is 26.7 Å². The van der Waals surface area contributed by atoms with E-state index in [-0.39, 0.29) is 0 Å². The minimum atomic E-state index is 0.639. The molecule has 4 heteroatoms. The zero-order valence-corrected chi connectivity index (χ0v) is 15.3. The molecule has 2 aromatic rings. The van der Waals surface area contributed by atoms with Gasteiger partial charge in [0.1, 0.15) is 0 Å². The van der Waals surface area contributed by atoms with E-state index >= 15 is 0 Å². The van der Waals surface area contributed by atoms with Gasteiger partial charge in [-0.25, -0.2) is 4.98 Å². The molecule has 0 spiro atoms. The fourth-order valence-electron chi connectivity index (χ4n) is 2.84. The molecule has 0 atom stereocenters. The number of hydrogen-bond acceptors (Lipinski definition) is 4. The third kappa shape index (κ3) is 6.48. The van der Waals surface area contributed by atoms with Crippen molar-refractivity contribution in [1.29, 1.82) is 0 Å². The van der Waals surface area contributed by atoms with Crippen LogP contribution in [0.3, 0.4) is 0 Å². The zero-order valence-electron chi connectivity index (χ0n) is 14.4. The first-order valence-corrected chi connectivity index (χ1v) is 9.98. The Morgan fingerprint density at radius 2 is 1.78 bits per heavy atom. The maximum absolute atomic E-state index is 5.52. The molecule has 0 aliphatic rings. The van der Waals surface area contributed by atoms with E-state index in [0.717, 1.165) is 17.2 Å². The lowest BCUT2D eigenvalue weighted by Crippen LogP contribution is -2.12. The summed E-state index contributed by atoms with van der Waals surface area (Å²) in [5.41, 5.74) is 8.06. The number of thiazole rings is 1. The van der Waals surface area contributed by atoms with E-state index in [1.165, 1.54) is 68.1 Å². The summed E-state index contributed by atoms with van der Waals surface area (Å²) in [5.74, 6) is 0. The van der Waals surface area contributed by atoms with Crippen LogP contribution in [0.2, 0.25) is 0 Å². The van der Waals surface area contributed by atoms with E-state index in [9.17, 15) is 0 Å². The highest BCUT2D eigenvalue weighted by molar-refractivity contribution is 7.22. The van der Waals surface area contributed by atoms with Gasteiger partial charge in [-0.15, -0.1) is 0 Å². The fraction of sp³-hybridized carbons (Fsp3) is 0.632. The highest BCUT2D eigenvalue weighted by Crippen LogP contribution is 2.27. The summed E-state index contributed by atoms with van der Waals surface area (Å²) in [7, 11) is 0. The van der Waals surface area contributed by atoms with Crippen LogP contribution in [0.5, 0.6) is 0 Å². The van der Waals surface area contributed by atoms with Crippen LogP contribution in [0.15, 0.2) is 18.2 Å². The van der Waals surface area contributed by atoms with Crippen LogP contribution < -0.4 is 11.1 Å². The van der Waals surface area contributed by atoms with Crippen LogP contribution in [-0.2, 0) is 6.42 Å². The number of nitrogens with one attached hydrogen (secondary N) is 1. The molecule has 1 heterocycles. The molecule has 23 heavy (non-hydrogen) atoms. The molecule has 3 nitrogen and oxygen atoms in total. The van der Waals surface area contributed by atoms with Crippen molar-refractivity contribution in [2.45, 2.75) is 64.7 Å². The second-order valence-corrected chi connectivity index (χ2v) is 7.29. The first-order chi connectivity index (χ1) is 11.3. The Balaban J connectivity index is 1.71.